The summed E-state index contributed by atoms with van der Waals surface area (Å²) >= 11 is 6.82. The number of carbonyl (C=O) groups is 1. The van der Waals surface area contributed by atoms with Crippen LogP contribution in [0.1, 0.15) is 18.1 Å². The standard InChI is InChI=1S/C15H19NO2S2/c1-3-13-6-4-5-7-14(13)11-20-9-8-16(12(2)19)10-15(17)18/h3-7H,1,8-11H2,2H3,(H,17,18). The quantitative estimate of drug-likeness (QED) is 0.589. The molecule has 0 aliphatic rings. The van der Waals surface area contributed by atoms with Gasteiger partial charge in [-0.05, 0) is 18.1 Å². The molecule has 0 saturated carbocycles. The predicted octanol–water partition coefficient (Wildman–Crippen LogP) is 3.30. The molecule has 0 unspecified atom stereocenters. The van der Waals surface area contributed by atoms with Crippen molar-refractivity contribution in [3.63, 3.8) is 0 Å². The lowest BCUT2D eigenvalue weighted by molar-refractivity contribution is -0.137. The maximum absolute atomic E-state index is 10.7. The molecule has 3 nitrogen and oxygen atoms in total. The fourth-order valence-electron chi connectivity index (χ4n) is 1.73. The summed E-state index contributed by atoms with van der Waals surface area (Å²) in [4.78, 5) is 13.1. The Morgan fingerprint density at radius 3 is 2.80 bits per heavy atom. The van der Waals surface area contributed by atoms with Crippen molar-refractivity contribution in [3.05, 3.63) is 42.0 Å². The van der Waals surface area contributed by atoms with E-state index >= 15 is 0 Å². The number of carboxylic acids is 1. The first kappa shape index (κ1) is 16.7. The maximum Gasteiger partial charge on any atom is 0.323 e. The van der Waals surface area contributed by atoms with Gasteiger partial charge in [0.15, 0.2) is 0 Å². The van der Waals surface area contributed by atoms with Gasteiger partial charge in [0.2, 0.25) is 0 Å². The van der Waals surface area contributed by atoms with Crippen molar-refractivity contribution in [1.29, 1.82) is 0 Å². The van der Waals surface area contributed by atoms with E-state index in [9.17, 15) is 4.79 Å². The van der Waals surface area contributed by atoms with Crippen LogP contribution in [0.2, 0.25) is 0 Å². The summed E-state index contributed by atoms with van der Waals surface area (Å²) < 4.78 is 0. The smallest absolute Gasteiger partial charge is 0.323 e. The zero-order chi connectivity index (χ0) is 15.0. The van der Waals surface area contributed by atoms with Gasteiger partial charge in [-0.1, -0.05) is 49.1 Å². The highest BCUT2D eigenvalue weighted by Gasteiger charge is 2.09. The van der Waals surface area contributed by atoms with Gasteiger partial charge >= 0.3 is 5.97 Å². The normalized spacial score (nSPS) is 10.1. The van der Waals surface area contributed by atoms with E-state index < -0.39 is 5.97 Å². The number of hydrogen-bond donors (Lipinski definition) is 1. The third kappa shape index (κ3) is 5.75. The van der Waals surface area contributed by atoms with Crippen LogP contribution in [0.25, 0.3) is 6.08 Å². The lowest BCUT2D eigenvalue weighted by atomic mass is 10.1. The SMILES string of the molecule is C=Cc1ccccc1CSCCN(CC(=O)O)C(C)=S. The summed E-state index contributed by atoms with van der Waals surface area (Å²) in [5.41, 5.74) is 2.39. The van der Waals surface area contributed by atoms with Gasteiger partial charge in [0.25, 0.3) is 0 Å². The lowest BCUT2D eigenvalue weighted by Crippen LogP contribution is -2.34. The highest BCUT2D eigenvalue weighted by atomic mass is 32.2. The van der Waals surface area contributed by atoms with Crippen molar-refractivity contribution >= 4 is 41.0 Å². The Morgan fingerprint density at radius 1 is 1.50 bits per heavy atom. The highest BCUT2D eigenvalue weighted by Crippen LogP contribution is 2.17. The van der Waals surface area contributed by atoms with E-state index in [1.54, 1.807) is 23.6 Å². The molecular formula is C15H19NO2S2. The van der Waals surface area contributed by atoms with Crippen molar-refractivity contribution in [2.45, 2.75) is 12.7 Å². The monoisotopic (exact) mass is 309 g/mol. The topological polar surface area (TPSA) is 40.5 Å². The Kier molecular flexibility index (Phi) is 7.33. The van der Waals surface area contributed by atoms with Crippen molar-refractivity contribution in [2.75, 3.05) is 18.8 Å². The van der Waals surface area contributed by atoms with Gasteiger partial charge in [-0.2, -0.15) is 11.8 Å². The van der Waals surface area contributed by atoms with Crippen molar-refractivity contribution in [2.24, 2.45) is 0 Å². The van der Waals surface area contributed by atoms with Crippen LogP contribution < -0.4 is 0 Å². The van der Waals surface area contributed by atoms with Gasteiger partial charge in [-0.3, -0.25) is 4.79 Å². The maximum atomic E-state index is 10.7. The zero-order valence-corrected chi connectivity index (χ0v) is 13.2. The molecular weight excluding hydrogens is 290 g/mol. The molecule has 1 N–H and O–H groups in total. The zero-order valence-electron chi connectivity index (χ0n) is 11.5. The highest BCUT2D eigenvalue weighted by molar-refractivity contribution is 7.98. The molecule has 1 aromatic carbocycles. The van der Waals surface area contributed by atoms with Crippen molar-refractivity contribution in [1.82, 2.24) is 4.90 Å². The summed E-state index contributed by atoms with van der Waals surface area (Å²) in [6, 6.07) is 8.14. The molecule has 0 aliphatic carbocycles. The number of carboxylic acid groups (broad SMARTS) is 1. The first-order valence-electron chi connectivity index (χ1n) is 6.30. The molecule has 0 bridgehead atoms. The van der Waals surface area contributed by atoms with Crippen LogP contribution >= 0.6 is 24.0 Å². The van der Waals surface area contributed by atoms with E-state index in [4.69, 9.17) is 17.3 Å². The Bertz CT molecular complexity index is 489. The summed E-state index contributed by atoms with van der Waals surface area (Å²) in [7, 11) is 0. The van der Waals surface area contributed by atoms with Gasteiger partial charge in [0.05, 0.1) is 4.99 Å². The van der Waals surface area contributed by atoms with E-state index in [-0.39, 0.29) is 6.54 Å². The second-order valence-electron chi connectivity index (χ2n) is 4.29. The minimum absolute atomic E-state index is 0.0286. The van der Waals surface area contributed by atoms with E-state index in [0.29, 0.717) is 11.5 Å². The van der Waals surface area contributed by atoms with Gasteiger partial charge in [-0.25, -0.2) is 0 Å². The van der Waals surface area contributed by atoms with E-state index in [1.807, 2.05) is 24.3 Å². The molecule has 0 heterocycles. The Balaban J connectivity index is 2.42. The average molecular weight is 309 g/mol. The van der Waals surface area contributed by atoms with E-state index in [2.05, 4.69) is 12.6 Å². The minimum atomic E-state index is -0.851. The molecule has 0 atom stereocenters. The second kappa shape index (κ2) is 8.76. The molecule has 0 aromatic heterocycles. The molecule has 1 aromatic rings. The number of thiocarbonyl (C=S) groups is 1. The molecule has 20 heavy (non-hydrogen) atoms. The molecule has 0 saturated heterocycles. The van der Waals surface area contributed by atoms with Gasteiger partial charge in [0.1, 0.15) is 6.54 Å². The summed E-state index contributed by atoms with van der Waals surface area (Å²) in [5.74, 6) is 0.878. The third-order valence-corrected chi connectivity index (χ3v) is 4.05. The number of aliphatic carboxylic acids is 1. The Morgan fingerprint density at radius 2 is 2.20 bits per heavy atom. The lowest BCUT2D eigenvalue weighted by Gasteiger charge is -2.20. The van der Waals surface area contributed by atoms with E-state index in [0.717, 1.165) is 17.1 Å². The number of benzene rings is 1. The number of thioether (sulfide) groups is 1. The van der Waals surface area contributed by atoms with Crippen molar-refractivity contribution in [3.8, 4) is 0 Å². The number of rotatable bonds is 8. The summed E-state index contributed by atoms with van der Waals surface area (Å²) in [5, 5.41) is 8.82. The van der Waals surface area contributed by atoms with Crippen LogP contribution in [0.5, 0.6) is 0 Å². The number of nitrogens with zero attached hydrogens (tertiary/aromatic N) is 1. The van der Waals surface area contributed by atoms with Crippen molar-refractivity contribution < 1.29 is 9.90 Å². The number of hydrogen-bond acceptors (Lipinski definition) is 3. The van der Waals surface area contributed by atoms with Gasteiger partial charge < -0.3 is 10.0 Å². The van der Waals surface area contributed by atoms with Crippen LogP contribution in [0.4, 0.5) is 0 Å². The molecule has 0 fully saturated rings. The minimum Gasteiger partial charge on any atom is -0.480 e. The molecule has 0 radical (unpaired) electrons. The first-order chi connectivity index (χ1) is 9.54. The summed E-state index contributed by atoms with van der Waals surface area (Å²) in [6.07, 6.45) is 1.85. The van der Waals surface area contributed by atoms with Gasteiger partial charge in [0, 0.05) is 18.1 Å². The fraction of sp³-hybridized carbons (Fsp3) is 0.333. The van der Waals surface area contributed by atoms with E-state index in [1.165, 1.54) is 5.56 Å². The largest absolute Gasteiger partial charge is 0.480 e. The molecule has 1 rings (SSSR count). The van der Waals surface area contributed by atoms with Crippen LogP contribution in [-0.2, 0) is 10.5 Å². The summed E-state index contributed by atoms with van der Waals surface area (Å²) in [6.45, 7) is 6.19. The molecule has 0 spiro atoms. The van der Waals surface area contributed by atoms with Crippen LogP contribution in [0, 0.1) is 0 Å². The van der Waals surface area contributed by atoms with Crippen LogP contribution in [-0.4, -0.2) is 39.8 Å². The average Bonchev–Trinajstić information content (AvgIpc) is 2.42. The molecule has 0 aliphatic heterocycles. The molecule has 108 valence electrons. The Labute approximate surface area is 129 Å². The fourth-order valence-corrected chi connectivity index (χ4v) is 2.87. The van der Waals surface area contributed by atoms with Gasteiger partial charge in [-0.15, -0.1) is 0 Å². The first-order valence-corrected chi connectivity index (χ1v) is 7.86. The van der Waals surface area contributed by atoms with Crippen LogP contribution in [0.3, 0.4) is 0 Å². The second-order valence-corrected chi connectivity index (χ2v) is 5.99. The Hall–Kier alpha value is -1.33. The predicted molar refractivity (Wildman–Crippen MR) is 90.2 cm³/mol. The third-order valence-electron chi connectivity index (χ3n) is 2.81. The molecule has 5 heteroatoms. The van der Waals surface area contributed by atoms with Crippen LogP contribution in [0.15, 0.2) is 30.8 Å². The molecule has 0 amide bonds.